The number of hydrogen-bond donors (Lipinski definition) is 2. The Bertz CT molecular complexity index is 870. The van der Waals surface area contributed by atoms with Gasteiger partial charge in [0.2, 0.25) is 0 Å². The molecule has 2 N–H and O–H groups in total. The van der Waals surface area contributed by atoms with Crippen LogP contribution >= 0.6 is 0 Å². The molecule has 0 bridgehead atoms. The van der Waals surface area contributed by atoms with Crippen molar-refractivity contribution in [3.05, 3.63) is 69.8 Å². The second-order valence-corrected chi connectivity index (χ2v) is 6.55. The van der Waals surface area contributed by atoms with Gasteiger partial charge < -0.3 is 15.4 Å². The number of ether oxygens (including phenoxy) is 1. The minimum atomic E-state index is -1.05. The van der Waals surface area contributed by atoms with Crippen molar-refractivity contribution in [2.45, 2.75) is 38.8 Å². The normalized spacial score (nSPS) is 12.5. The van der Waals surface area contributed by atoms with Gasteiger partial charge in [-0.15, -0.1) is 0 Å². The SMILES string of the molecule is CCC[C@@H](NC(=O)[C@@H](C)OC(=O)c1ccc(NC)c([N+](=O)[O-])c1)c1ccccc1. The lowest BCUT2D eigenvalue weighted by Gasteiger charge is -2.21. The van der Waals surface area contributed by atoms with Gasteiger partial charge >= 0.3 is 5.97 Å². The summed E-state index contributed by atoms with van der Waals surface area (Å²) in [5.41, 5.74) is 1.01. The minimum absolute atomic E-state index is 0.00326. The fourth-order valence-corrected chi connectivity index (χ4v) is 2.89. The average Bonchev–Trinajstić information content (AvgIpc) is 2.73. The van der Waals surface area contributed by atoms with E-state index < -0.39 is 22.9 Å². The lowest BCUT2D eigenvalue weighted by molar-refractivity contribution is -0.384. The summed E-state index contributed by atoms with van der Waals surface area (Å²) >= 11 is 0. The fraction of sp³-hybridized carbons (Fsp3) is 0.333. The largest absolute Gasteiger partial charge is 0.449 e. The van der Waals surface area contributed by atoms with Gasteiger partial charge in [0, 0.05) is 13.1 Å². The zero-order valence-electron chi connectivity index (χ0n) is 16.7. The van der Waals surface area contributed by atoms with E-state index in [1.807, 2.05) is 37.3 Å². The van der Waals surface area contributed by atoms with Crippen LogP contribution in [0.2, 0.25) is 0 Å². The highest BCUT2D eigenvalue weighted by molar-refractivity contribution is 5.93. The van der Waals surface area contributed by atoms with E-state index in [2.05, 4.69) is 10.6 Å². The van der Waals surface area contributed by atoms with Gasteiger partial charge in [-0.2, -0.15) is 0 Å². The Morgan fingerprint density at radius 2 is 1.86 bits per heavy atom. The first-order valence-corrected chi connectivity index (χ1v) is 9.39. The average molecular weight is 399 g/mol. The Labute approximate surface area is 169 Å². The van der Waals surface area contributed by atoms with Gasteiger partial charge in [0.25, 0.3) is 11.6 Å². The molecule has 2 aromatic carbocycles. The third-order valence-electron chi connectivity index (χ3n) is 4.45. The zero-order valence-corrected chi connectivity index (χ0v) is 16.7. The van der Waals surface area contributed by atoms with Crippen molar-refractivity contribution in [2.75, 3.05) is 12.4 Å². The third kappa shape index (κ3) is 5.78. The van der Waals surface area contributed by atoms with E-state index in [0.717, 1.165) is 24.5 Å². The number of benzene rings is 2. The highest BCUT2D eigenvalue weighted by Gasteiger charge is 2.24. The molecule has 154 valence electrons. The molecule has 0 unspecified atom stereocenters. The number of carbonyl (C=O) groups excluding carboxylic acids is 2. The Morgan fingerprint density at radius 1 is 1.17 bits per heavy atom. The van der Waals surface area contributed by atoms with Crippen LogP contribution < -0.4 is 10.6 Å². The van der Waals surface area contributed by atoms with E-state index in [1.54, 1.807) is 7.05 Å². The van der Waals surface area contributed by atoms with Crippen molar-refractivity contribution in [1.29, 1.82) is 0 Å². The number of esters is 1. The van der Waals surface area contributed by atoms with Crippen molar-refractivity contribution < 1.29 is 19.2 Å². The van der Waals surface area contributed by atoms with E-state index in [0.29, 0.717) is 0 Å². The smallest absolute Gasteiger partial charge is 0.339 e. The Hall–Kier alpha value is -3.42. The number of nitrogens with zero attached hydrogens (tertiary/aromatic N) is 1. The molecule has 0 aliphatic rings. The summed E-state index contributed by atoms with van der Waals surface area (Å²) in [5.74, 6) is -1.23. The van der Waals surface area contributed by atoms with Gasteiger partial charge in [-0.3, -0.25) is 14.9 Å². The van der Waals surface area contributed by atoms with Gasteiger partial charge in [-0.05, 0) is 31.0 Å². The predicted octanol–water partition coefficient (Wildman–Crippen LogP) is 3.84. The van der Waals surface area contributed by atoms with Crippen molar-refractivity contribution >= 4 is 23.3 Å². The standard InChI is InChI=1S/C21H25N3O5/c1-4-8-17(15-9-6-5-7-10-15)23-20(25)14(2)29-21(26)16-11-12-18(22-3)19(13-16)24(27)28/h5-7,9-14,17,22H,4,8H2,1-3H3,(H,23,25)/t14-,17-/m1/s1. The molecule has 0 aliphatic carbocycles. The highest BCUT2D eigenvalue weighted by Crippen LogP contribution is 2.25. The number of nitro groups is 1. The van der Waals surface area contributed by atoms with Crippen LogP contribution in [0.25, 0.3) is 0 Å². The first-order chi connectivity index (χ1) is 13.9. The lowest BCUT2D eigenvalue weighted by atomic mass is 10.0. The van der Waals surface area contributed by atoms with E-state index in [-0.39, 0.29) is 23.0 Å². The summed E-state index contributed by atoms with van der Waals surface area (Å²) < 4.78 is 5.23. The minimum Gasteiger partial charge on any atom is -0.449 e. The number of nitrogens with one attached hydrogen (secondary N) is 2. The second kappa shape index (κ2) is 10.2. The predicted molar refractivity (Wildman–Crippen MR) is 110 cm³/mol. The van der Waals surface area contributed by atoms with E-state index in [9.17, 15) is 19.7 Å². The summed E-state index contributed by atoms with van der Waals surface area (Å²) in [7, 11) is 1.55. The van der Waals surface area contributed by atoms with Crippen LogP contribution in [-0.2, 0) is 9.53 Å². The molecular formula is C21H25N3O5. The molecule has 2 aromatic rings. The van der Waals surface area contributed by atoms with Crippen molar-refractivity contribution in [2.24, 2.45) is 0 Å². The third-order valence-corrected chi connectivity index (χ3v) is 4.45. The Morgan fingerprint density at radius 3 is 2.45 bits per heavy atom. The molecule has 1 amide bonds. The quantitative estimate of drug-likeness (QED) is 0.377. The van der Waals surface area contributed by atoms with Gasteiger partial charge in [-0.1, -0.05) is 43.7 Å². The van der Waals surface area contributed by atoms with Gasteiger partial charge in [0.1, 0.15) is 5.69 Å². The molecule has 0 aromatic heterocycles. The molecule has 0 heterocycles. The number of amides is 1. The molecule has 0 saturated heterocycles. The van der Waals surface area contributed by atoms with Crippen molar-refractivity contribution in [3.63, 3.8) is 0 Å². The van der Waals surface area contributed by atoms with Crippen LogP contribution in [0, 0.1) is 10.1 Å². The van der Waals surface area contributed by atoms with Crippen LogP contribution in [0.4, 0.5) is 11.4 Å². The molecule has 0 fully saturated rings. The lowest BCUT2D eigenvalue weighted by Crippen LogP contribution is -2.38. The molecule has 2 atom stereocenters. The summed E-state index contributed by atoms with van der Waals surface area (Å²) in [6.07, 6.45) is 0.567. The van der Waals surface area contributed by atoms with Gasteiger partial charge in [0.05, 0.1) is 16.5 Å². The molecule has 0 radical (unpaired) electrons. The molecule has 2 rings (SSSR count). The highest BCUT2D eigenvalue weighted by atomic mass is 16.6. The number of hydrogen-bond acceptors (Lipinski definition) is 6. The monoisotopic (exact) mass is 399 g/mol. The second-order valence-electron chi connectivity index (χ2n) is 6.55. The Kier molecular flexibility index (Phi) is 7.70. The molecular weight excluding hydrogens is 374 g/mol. The maximum absolute atomic E-state index is 12.5. The van der Waals surface area contributed by atoms with Crippen LogP contribution in [0.5, 0.6) is 0 Å². The first kappa shape index (κ1) is 21.9. The van der Waals surface area contributed by atoms with Crippen molar-refractivity contribution in [1.82, 2.24) is 5.32 Å². The molecule has 8 nitrogen and oxygen atoms in total. The number of anilines is 1. The van der Waals surface area contributed by atoms with E-state index >= 15 is 0 Å². The topological polar surface area (TPSA) is 111 Å². The van der Waals surface area contributed by atoms with Crippen LogP contribution in [-0.4, -0.2) is 30.0 Å². The fourth-order valence-electron chi connectivity index (χ4n) is 2.89. The molecule has 29 heavy (non-hydrogen) atoms. The number of carbonyl (C=O) groups is 2. The molecule has 0 spiro atoms. The van der Waals surface area contributed by atoms with Crippen LogP contribution in [0.15, 0.2) is 48.5 Å². The van der Waals surface area contributed by atoms with Gasteiger partial charge in [0.15, 0.2) is 6.10 Å². The maximum atomic E-state index is 12.5. The number of rotatable bonds is 9. The summed E-state index contributed by atoms with van der Waals surface area (Å²) in [6.45, 7) is 3.49. The summed E-state index contributed by atoms with van der Waals surface area (Å²) in [5, 5.41) is 16.8. The first-order valence-electron chi connectivity index (χ1n) is 9.39. The van der Waals surface area contributed by atoms with E-state index in [4.69, 9.17) is 4.74 Å². The van der Waals surface area contributed by atoms with E-state index in [1.165, 1.54) is 19.1 Å². The zero-order chi connectivity index (χ0) is 21.4. The van der Waals surface area contributed by atoms with Crippen LogP contribution in [0.3, 0.4) is 0 Å². The molecule has 8 heteroatoms. The summed E-state index contributed by atoms with van der Waals surface area (Å²) in [6, 6.07) is 13.3. The molecule has 0 saturated carbocycles. The van der Waals surface area contributed by atoms with Gasteiger partial charge in [-0.25, -0.2) is 4.79 Å². The van der Waals surface area contributed by atoms with Crippen LogP contribution in [0.1, 0.15) is 48.7 Å². The Balaban J connectivity index is 2.07. The number of nitro benzene ring substituents is 1. The maximum Gasteiger partial charge on any atom is 0.339 e. The van der Waals surface area contributed by atoms with Crippen molar-refractivity contribution in [3.8, 4) is 0 Å². The summed E-state index contributed by atoms with van der Waals surface area (Å²) in [4.78, 5) is 35.5. The molecule has 0 aliphatic heterocycles.